The van der Waals surface area contributed by atoms with E-state index in [1.54, 1.807) is 0 Å². The third-order valence-electron chi connectivity index (χ3n) is 3.20. The van der Waals surface area contributed by atoms with Gasteiger partial charge in [0.2, 0.25) is 5.78 Å². The van der Waals surface area contributed by atoms with Gasteiger partial charge in [-0.1, -0.05) is 60.7 Å². The van der Waals surface area contributed by atoms with Crippen molar-refractivity contribution in [2.24, 2.45) is 0 Å². The van der Waals surface area contributed by atoms with Crippen LogP contribution in [0.1, 0.15) is 22.0 Å². The molecule has 2 rings (SSSR count). The Labute approximate surface area is 114 Å². The number of carbonyl (C=O) groups excluding carboxylic acids is 1. The molecule has 2 nitrogen and oxygen atoms in total. The maximum atomic E-state index is 12.8. The van der Waals surface area contributed by atoms with Crippen molar-refractivity contribution in [2.45, 2.75) is 6.04 Å². The second-order valence-electron chi connectivity index (χ2n) is 5.66. The van der Waals surface area contributed by atoms with Crippen molar-refractivity contribution in [3.8, 4) is 0 Å². The molecule has 2 aromatic carbocycles. The van der Waals surface area contributed by atoms with Gasteiger partial charge >= 0.3 is 0 Å². The van der Waals surface area contributed by atoms with Crippen molar-refractivity contribution < 1.29 is 9.28 Å². The number of nitrogens with zero attached hydrogens (tertiary/aromatic N) is 1. The zero-order valence-electron chi connectivity index (χ0n) is 11.7. The van der Waals surface area contributed by atoms with E-state index in [0.29, 0.717) is 4.48 Å². The molecule has 0 unspecified atom stereocenters. The van der Waals surface area contributed by atoms with E-state index in [0.717, 1.165) is 11.1 Å². The normalized spacial score (nSPS) is 13.0. The molecule has 98 valence electrons. The first-order chi connectivity index (χ1) is 9.00. The predicted octanol–water partition coefficient (Wildman–Crippen LogP) is 3.32. The molecule has 0 aliphatic heterocycles. The molecule has 2 heteroatoms. The highest BCUT2D eigenvalue weighted by atomic mass is 16.1. The first-order valence-corrected chi connectivity index (χ1v) is 6.45. The average Bonchev–Trinajstić information content (AvgIpc) is 2.39. The van der Waals surface area contributed by atoms with Crippen LogP contribution in [0.15, 0.2) is 60.7 Å². The first kappa shape index (κ1) is 13.5. The van der Waals surface area contributed by atoms with Crippen molar-refractivity contribution in [3.05, 3.63) is 71.8 Å². The van der Waals surface area contributed by atoms with E-state index < -0.39 is 0 Å². The summed E-state index contributed by atoms with van der Waals surface area (Å²) < 4.78 is 0.581. The highest BCUT2D eigenvalue weighted by Gasteiger charge is 2.33. The summed E-state index contributed by atoms with van der Waals surface area (Å²) in [6.45, 7) is 0. The zero-order valence-corrected chi connectivity index (χ0v) is 11.7. The Morgan fingerprint density at radius 2 is 1.32 bits per heavy atom. The van der Waals surface area contributed by atoms with Crippen LogP contribution in [-0.2, 0) is 0 Å². The highest BCUT2D eigenvalue weighted by Crippen LogP contribution is 2.27. The molecule has 0 N–H and O–H groups in total. The molecule has 0 radical (unpaired) electrons. The van der Waals surface area contributed by atoms with Crippen LogP contribution in [0.25, 0.3) is 0 Å². The van der Waals surface area contributed by atoms with E-state index >= 15 is 0 Å². The van der Waals surface area contributed by atoms with Crippen molar-refractivity contribution in [1.29, 1.82) is 0 Å². The fraction of sp³-hybridized carbons (Fsp3) is 0.235. The van der Waals surface area contributed by atoms with E-state index in [9.17, 15) is 4.79 Å². The van der Waals surface area contributed by atoms with Crippen LogP contribution in [0.4, 0.5) is 0 Å². The van der Waals surface area contributed by atoms with Crippen molar-refractivity contribution in [3.63, 3.8) is 0 Å². The molecule has 0 saturated carbocycles. The molecule has 0 amide bonds. The van der Waals surface area contributed by atoms with E-state index in [1.165, 1.54) is 0 Å². The van der Waals surface area contributed by atoms with Gasteiger partial charge in [0.25, 0.3) is 0 Å². The zero-order chi connectivity index (χ0) is 13.9. The Balaban J connectivity index is 2.43. The average molecular weight is 254 g/mol. The molecule has 0 bridgehead atoms. The number of benzene rings is 2. The molecule has 1 atom stereocenters. The Morgan fingerprint density at radius 1 is 0.842 bits per heavy atom. The standard InChI is InChI=1S/C17H20NO/c1-18(2,3)16(14-10-6-4-7-11-14)17(19)15-12-8-5-9-13-15/h4-13,16H,1-3H3/q+1/t16-/m0/s1. The van der Waals surface area contributed by atoms with Crippen LogP contribution in [0.3, 0.4) is 0 Å². The lowest BCUT2D eigenvalue weighted by Gasteiger charge is -2.33. The van der Waals surface area contributed by atoms with Crippen molar-refractivity contribution >= 4 is 5.78 Å². The minimum Gasteiger partial charge on any atom is -0.318 e. The van der Waals surface area contributed by atoms with Crippen molar-refractivity contribution in [2.75, 3.05) is 21.1 Å². The van der Waals surface area contributed by atoms with Gasteiger partial charge in [-0.05, 0) is 0 Å². The van der Waals surface area contributed by atoms with Gasteiger partial charge in [-0.15, -0.1) is 0 Å². The largest absolute Gasteiger partial charge is 0.318 e. The summed E-state index contributed by atoms with van der Waals surface area (Å²) in [4.78, 5) is 12.8. The fourth-order valence-electron chi connectivity index (χ4n) is 2.35. The second-order valence-corrected chi connectivity index (χ2v) is 5.66. The topological polar surface area (TPSA) is 17.1 Å². The van der Waals surface area contributed by atoms with E-state index in [1.807, 2.05) is 60.7 Å². The van der Waals surface area contributed by atoms with Crippen LogP contribution in [-0.4, -0.2) is 31.4 Å². The molecular formula is C17H20NO+. The monoisotopic (exact) mass is 254 g/mol. The molecule has 0 aromatic heterocycles. The summed E-state index contributed by atoms with van der Waals surface area (Å²) in [6, 6.07) is 19.3. The van der Waals surface area contributed by atoms with Crippen LogP contribution in [0.5, 0.6) is 0 Å². The smallest absolute Gasteiger partial charge is 0.224 e. The van der Waals surface area contributed by atoms with E-state index in [2.05, 4.69) is 21.1 Å². The number of hydrogen-bond acceptors (Lipinski definition) is 1. The molecule has 0 aliphatic rings. The lowest BCUT2D eigenvalue weighted by molar-refractivity contribution is -0.891. The fourth-order valence-corrected chi connectivity index (χ4v) is 2.35. The predicted molar refractivity (Wildman–Crippen MR) is 78.0 cm³/mol. The number of ketones is 1. The van der Waals surface area contributed by atoms with Gasteiger partial charge in [-0.2, -0.15) is 0 Å². The van der Waals surface area contributed by atoms with Gasteiger partial charge in [0.15, 0.2) is 6.04 Å². The number of rotatable bonds is 4. The molecule has 0 fully saturated rings. The Kier molecular flexibility index (Phi) is 3.82. The van der Waals surface area contributed by atoms with Crippen LogP contribution < -0.4 is 0 Å². The molecule has 2 aromatic rings. The SMILES string of the molecule is C[N+](C)(C)[C@H](C(=O)c1ccccc1)c1ccccc1. The van der Waals surface area contributed by atoms with Gasteiger partial charge in [0.05, 0.1) is 21.1 Å². The molecule has 0 spiro atoms. The Morgan fingerprint density at radius 3 is 1.79 bits per heavy atom. The number of quaternary nitrogens is 1. The summed E-state index contributed by atoms with van der Waals surface area (Å²) in [5.41, 5.74) is 1.83. The van der Waals surface area contributed by atoms with Gasteiger partial charge in [-0.25, -0.2) is 0 Å². The van der Waals surface area contributed by atoms with Crippen molar-refractivity contribution in [1.82, 2.24) is 0 Å². The Bertz CT molecular complexity index is 540. The minimum absolute atomic E-state index is 0.166. The summed E-state index contributed by atoms with van der Waals surface area (Å²) in [6.07, 6.45) is 0. The van der Waals surface area contributed by atoms with Crippen LogP contribution >= 0.6 is 0 Å². The third kappa shape index (κ3) is 3.09. The number of hydrogen-bond donors (Lipinski definition) is 0. The quantitative estimate of drug-likeness (QED) is 0.604. The Hall–Kier alpha value is -1.93. The lowest BCUT2D eigenvalue weighted by Crippen LogP contribution is -2.43. The van der Waals surface area contributed by atoms with Gasteiger partial charge in [-0.3, -0.25) is 4.79 Å². The maximum Gasteiger partial charge on any atom is 0.224 e. The lowest BCUT2D eigenvalue weighted by atomic mass is 9.95. The summed E-state index contributed by atoms with van der Waals surface area (Å²) in [5.74, 6) is 0.166. The minimum atomic E-state index is -0.177. The second kappa shape index (κ2) is 5.37. The van der Waals surface area contributed by atoms with Crippen LogP contribution in [0.2, 0.25) is 0 Å². The van der Waals surface area contributed by atoms with E-state index in [4.69, 9.17) is 0 Å². The number of likely N-dealkylation sites (N-methyl/N-ethyl adjacent to an activating group) is 1. The van der Waals surface area contributed by atoms with E-state index in [-0.39, 0.29) is 11.8 Å². The van der Waals surface area contributed by atoms with Gasteiger partial charge < -0.3 is 4.48 Å². The van der Waals surface area contributed by atoms with Crippen LogP contribution in [0, 0.1) is 0 Å². The number of carbonyl (C=O) groups is 1. The molecular weight excluding hydrogens is 234 g/mol. The molecule has 0 heterocycles. The highest BCUT2D eigenvalue weighted by molar-refractivity contribution is 5.99. The molecule has 19 heavy (non-hydrogen) atoms. The molecule has 0 aliphatic carbocycles. The van der Waals surface area contributed by atoms with Gasteiger partial charge in [0.1, 0.15) is 0 Å². The molecule has 0 saturated heterocycles. The third-order valence-corrected chi connectivity index (χ3v) is 3.20. The number of Topliss-reactive ketones (excluding diaryl/α,β-unsaturated/α-hetero) is 1. The summed E-state index contributed by atoms with van der Waals surface area (Å²) >= 11 is 0. The summed E-state index contributed by atoms with van der Waals surface area (Å²) in [5, 5.41) is 0. The maximum absolute atomic E-state index is 12.8. The first-order valence-electron chi connectivity index (χ1n) is 6.45. The van der Waals surface area contributed by atoms with Gasteiger partial charge in [0, 0.05) is 11.1 Å². The summed E-state index contributed by atoms with van der Waals surface area (Å²) in [7, 11) is 6.16.